The minimum atomic E-state index is 0.285. The lowest BCUT2D eigenvalue weighted by molar-refractivity contribution is -0.115. The van der Waals surface area contributed by atoms with E-state index in [2.05, 4.69) is 17.0 Å². The standard InChI is InChI=1S/C16H15NO3/c18-10-1-2-14-12(4-10)13-7-17(14)6-9-3-15-16(5-11(9)13)20-8-19-15/h3-5,13-14H,1-2,6-8H2/t13-,14-/m1/s1. The summed E-state index contributed by atoms with van der Waals surface area (Å²) in [7, 11) is 0. The van der Waals surface area contributed by atoms with Gasteiger partial charge in [0.2, 0.25) is 6.79 Å². The monoisotopic (exact) mass is 269 g/mol. The van der Waals surface area contributed by atoms with Crippen LogP contribution < -0.4 is 9.47 Å². The number of ketones is 1. The van der Waals surface area contributed by atoms with Crippen LogP contribution in [0.1, 0.15) is 29.9 Å². The van der Waals surface area contributed by atoms with Gasteiger partial charge < -0.3 is 9.47 Å². The number of fused-ring (bicyclic) bond motifs is 8. The first-order valence-corrected chi connectivity index (χ1v) is 7.20. The molecule has 0 aromatic heterocycles. The molecule has 4 nitrogen and oxygen atoms in total. The summed E-state index contributed by atoms with van der Waals surface area (Å²) in [5.74, 6) is 2.36. The third-order valence-corrected chi connectivity index (χ3v) is 5.02. The first-order valence-electron chi connectivity index (χ1n) is 7.20. The van der Waals surface area contributed by atoms with E-state index in [9.17, 15) is 4.79 Å². The Labute approximate surface area is 117 Å². The average molecular weight is 269 g/mol. The van der Waals surface area contributed by atoms with Crippen molar-refractivity contribution in [3.05, 3.63) is 34.9 Å². The highest BCUT2D eigenvalue weighted by Gasteiger charge is 2.44. The Balaban J connectivity index is 1.67. The van der Waals surface area contributed by atoms with Gasteiger partial charge in [0.25, 0.3) is 0 Å². The lowest BCUT2D eigenvalue weighted by Gasteiger charge is -2.28. The van der Waals surface area contributed by atoms with Crippen molar-refractivity contribution in [2.75, 3.05) is 13.3 Å². The van der Waals surface area contributed by atoms with Gasteiger partial charge in [0.1, 0.15) is 0 Å². The van der Waals surface area contributed by atoms with Crippen molar-refractivity contribution in [1.82, 2.24) is 4.90 Å². The fourth-order valence-corrected chi connectivity index (χ4v) is 4.13. The molecule has 1 unspecified atom stereocenters. The van der Waals surface area contributed by atoms with E-state index >= 15 is 0 Å². The summed E-state index contributed by atoms with van der Waals surface area (Å²) in [5, 5.41) is 0. The molecule has 1 aromatic carbocycles. The van der Waals surface area contributed by atoms with Crippen molar-refractivity contribution in [1.29, 1.82) is 0 Å². The van der Waals surface area contributed by atoms with Crippen molar-refractivity contribution in [3.8, 4) is 11.5 Å². The molecule has 0 spiro atoms. The van der Waals surface area contributed by atoms with Crippen LogP contribution in [0.3, 0.4) is 0 Å². The van der Waals surface area contributed by atoms with Gasteiger partial charge in [-0.3, -0.25) is 9.69 Å². The second-order valence-corrected chi connectivity index (χ2v) is 6.05. The van der Waals surface area contributed by atoms with E-state index in [-0.39, 0.29) is 5.78 Å². The molecule has 3 heterocycles. The molecule has 20 heavy (non-hydrogen) atoms. The molecule has 4 aliphatic rings. The molecule has 3 aliphatic heterocycles. The summed E-state index contributed by atoms with van der Waals surface area (Å²) in [6, 6.07) is 4.71. The van der Waals surface area contributed by atoms with E-state index < -0.39 is 0 Å². The lowest BCUT2D eigenvalue weighted by Crippen LogP contribution is -2.32. The summed E-state index contributed by atoms with van der Waals surface area (Å²) in [6.45, 7) is 2.31. The number of allylic oxidation sites excluding steroid dienone is 1. The van der Waals surface area contributed by atoms with Crippen molar-refractivity contribution < 1.29 is 14.3 Å². The molecule has 4 heteroatoms. The molecule has 102 valence electrons. The van der Waals surface area contributed by atoms with Crippen LogP contribution in [0, 0.1) is 0 Å². The van der Waals surface area contributed by atoms with Gasteiger partial charge in [-0.15, -0.1) is 0 Å². The van der Waals surface area contributed by atoms with Crippen LogP contribution in [-0.2, 0) is 11.3 Å². The third-order valence-electron chi connectivity index (χ3n) is 5.02. The largest absolute Gasteiger partial charge is 0.454 e. The maximum Gasteiger partial charge on any atom is 0.231 e. The van der Waals surface area contributed by atoms with Crippen LogP contribution in [-0.4, -0.2) is 30.1 Å². The molecule has 0 saturated carbocycles. The van der Waals surface area contributed by atoms with Gasteiger partial charge in [-0.25, -0.2) is 0 Å². The van der Waals surface area contributed by atoms with E-state index in [4.69, 9.17) is 9.47 Å². The first-order chi connectivity index (χ1) is 9.79. The van der Waals surface area contributed by atoms with Crippen LogP contribution in [0.25, 0.3) is 0 Å². The van der Waals surface area contributed by atoms with Gasteiger partial charge in [0, 0.05) is 31.5 Å². The fourth-order valence-electron chi connectivity index (χ4n) is 4.13. The SMILES string of the molecule is O=C1C=C2[C@@H](CC1)N1Cc3cc4c(cc3[C@H]2C1)OCO4. The first kappa shape index (κ1) is 10.9. The van der Waals surface area contributed by atoms with Crippen LogP contribution in [0.5, 0.6) is 11.5 Å². The summed E-state index contributed by atoms with van der Waals surface area (Å²) in [6.07, 6.45) is 3.57. The number of carbonyl (C=O) groups is 1. The maximum absolute atomic E-state index is 11.8. The van der Waals surface area contributed by atoms with Crippen molar-refractivity contribution in [2.45, 2.75) is 31.3 Å². The number of ether oxygens (including phenoxy) is 2. The van der Waals surface area contributed by atoms with Gasteiger partial charge in [0.15, 0.2) is 17.3 Å². The third kappa shape index (κ3) is 1.32. The van der Waals surface area contributed by atoms with Gasteiger partial charge in [-0.1, -0.05) is 0 Å². The number of hydrogen-bond acceptors (Lipinski definition) is 4. The van der Waals surface area contributed by atoms with Crippen molar-refractivity contribution >= 4 is 5.78 Å². The molecule has 0 N–H and O–H groups in total. The second kappa shape index (κ2) is 3.64. The topological polar surface area (TPSA) is 38.8 Å². The van der Waals surface area contributed by atoms with Gasteiger partial charge in [0.05, 0.1) is 0 Å². The number of nitrogens with zero attached hydrogens (tertiary/aromatic N) is 1. The Morgan fingerprint density at radius 1 is 1.20 bits per heavy atom. The molecule has 5 rings (SSSR count). The van der Waals surface area contributed by atoms with Gasteiger partial charge in [-0.2, -0.15) is 0 Å². The fraction of sp³-hybridized carbons (Fsp3) is 0.438. The normalized spacial score (nSPS) is 32.7. The van der Waals surface area contributed by atoms with E-state index in [1.165, 1.54) is 16.7 Å². The van der Waals surface area contributed by atoms with Crippen molar-refractivity contribution in [2.24, 2.45) is 0 Å². The molecule has 0 amide bonds. The predicted octanol–water partition coefficient (Wildman–Crippen LogP) is 1.99. The molecule has 2 bridgehead atoms. The van der Waals surface area contributed by atoms with E-state index in [0.29, 0.717) is 25.2 Å². The Hall–Kier alpha value is -1.81. The van der Waals surface area contributed by atoms with E-state index in [0.717, 1.165) is 31.0 Å². The zero-order chi connectivity index (χ0) is 13.3. The smallest absolute Gasteiger partial charge is 0.231 e. The summed E-state index contributed by atoms with van der Waals surface area (Å²) in [4.78, 5) is 14.3. The second-order valence-electron chi connectivity index (χ2n) is 6.05. The number of hydrogen-bond donors (Lipinski definition) is 0. The zero-order valence-corrected chi connectivity index (χ0v) is 11.1. The number of benzene rings is 1. The summed E-state index contributed by atoms with van der Waals surface area (Å²) in [5.41, 5.74) is 3.97. The van der Waals surface area contributed by atoms with E-state index in [1.54, 1.807) is 0 Å². The molecule has 1 aliphatic carbocycles. The molecule has 0 radical (unpaired) electrons. The van der Waals surface area contributed by atoms with Crippen LogP contribution in [0.15, 0.2) is 23.8 Å². The van der Waals surface area contributed by atoms with E-state index in [1.807, 2.05) is 6.08 Å². The lowest BCUT2D eigenvalue weighted by atomic mass is 9.83. The summed E-state index contributed by atoms with van der Waals surface area (Å²) >= 11 is 0. The number of carbonyl (C=O) groups excluding carboxylic acids is 1. The Morgan fingerprint density at radius 3 is 2.95 bits per heavy atom. The van der Waals surface area contributed by atoms with Gasteiger partial charge >= 0.3 is 0 Å². The Kier molecular flexibility index (Phi) is 1.99. The molecule has 1 aromatic rings. The maximum atomic E-state index is 11.8. The highest BCUT2D eigenvalue weighted by Crippen LogP contribution is 2.49. The molecule has 3 atom stereocenters. The minimum absolute atomic E-state index is 0.285. The molecular formula is C16H15NO3. The van der Waals surface area contributed by atoms with Gasteiger partial charge in [-0.05, 0) is 41.3 Å². The van der Waals surface area contributed by atoms with Crippen LogP contribution in [0.2, 0.25) is 0 Å². The highest BCUT2D eigenvalue weighted by atomic mass is 16.7. The highest BCUT2D eigenvalue weighted by molar-refractivity contribution is 5.92. The quantitative estimate of drug-likeness (QED) is 0.722. The number of rotatable bonds is 0. The van der Waals surface area contributed by atoms with Crippen LogP contribution in [0.4, 0.5) is 0 Å². The van der Waals surface area contributed by atoms with Crippen LogP contribution >= 0.6 is 0 Å². The Morgan fingerprint density at radius 2 is 2.05 bits per heavy atom. The molecular weight excluding hydrogens is 254 g/mol. The predicted molar refractivity (Wildman–Crippen MR) is 71.8 cm³/mol. The zero-order valence-electron chi connectivity index (χ0n) is 11.1. The Bertz CT molecular complexity index is 664. The average Bonchev–Trinajstić information content (AvgIpc) is 3.00. The van der Waals surface area contributed by atoms with Crippen molar-refractivity contribution in [3.63, 3.8) is 0 Å². The summed E-state index contributed by atoms with van der Waals surface area (Å²) < 4.78 is 11.0. The molecule has 1 fully saturated rings. The molecule has 1 saturated heterocycles. The minimum Gasteiger partial charge on any atom is -0.454 e.